The summed E-state index contributed by atoms with van der Waals surface area (Å²) in [5.41, 5.74) is 3.38. The Hall–Kier alpha value is -2.71. The molecule has 0 aliphatic carbocycles. The number of nitrogens with one attached hydrogen (secondary N) is 2. The third kappa shape index (κ3) is 4.23. The van der Waals surface area contributed by atoms with Crippen molar-refractivity contribution in [1.82, 2.24) is 15.2 Å². The molecule has 0 fully saturated rings. The lowest BCUT2D eigenvalue weighted by Crippen LogP contribution is -2.35. The van der Waals surface area contributed by atoms with E-state index in [1.807, 2.05) is 37.3 Å². The Labute approximate surface area is 171 Å². The fourth-order valence-electron chi connectivity index (χ4n) is 2.88. The van der Waals surface area contributed by atoms with E-state index in [0.717, 1.165) is 34.2 Å². The van der Waals surface area contributed by atoms with E-state index in [-0.39, 0.29) is 5.91 Å². The third-order valence-electron chi connectivity index (χ3n) is 4.22. The Bertz CT molecular complexity index is 1090. The second kappa shape index (κ2) is 8.53. The molecule has 4 rings (SSSR count). The van der Waals surface area contributed by atoms with Gasteiger partial charge in [-0.05, 0) is 35.9 Å². The van der Waals surface area contributed by atoms with Crippen LogP contribution in [0.25, 0.3) is 11.0 Å². The quantitative estimate of drug-likeness (QED) is 0.360. The number of aromatic nitrogens is 4. The monoisotopic (exact) mass is 410 g/mol. The van der Waals surface area contributed by atoms with Gasteiger partial charge in [0.2, 0.25) is 11.0 Å². The lowest BCUT2D eigenvalue weighted by molar-refractivity contribution is -0.700. The minimum absolute atomic E-state index is 0.0891. The molecule has 0 saturated carbocycles. The van der Waals surface area contributed by atoms with Crippen molar-refractivity contribution in [3.05, 3.63) is 65.2 Å². The van der Waals surface area contributed by atoms with E-state index in [9.17, 15) is 4.79 Å². The topological polar surface area (TPSA) is 74.5 Å². The molecule has 8 heteroatoms. The Balaban J connectivity index is 1.51. The van der Waals surface area contributed by atoms with Gasteiger partial charge in [0, 0.05) is 0 Å². The van der Waals surface area contributed by atoms with Crippen LogP contribution >= 0.6 is 23.1 Å². The van der Waals surface area contributed by atoms with Crippen molar-refractivity contribution in [1.29, 1.82) is 0 Å². The highest BCUT2D eigenvalue weighted by Crippen LogP contribution is 2.20. The summed E-state index contributed by atoms with van der Waals surface area (Å²) in [4.78, 5) is 15.8. The predicted octanol–water partition coefficient (Wildman–Crippen LogP) is 3.65. The van der Waals surface area contributed by atoms with E-state index in [1.54, 1.807) is 0 Å². The predicted molar refractivity (Wildman–Crippen MR) is 113 cm³/mol. The van der Waals surface area contributed by atoms with Crippen LogP contribution < -0.4 is 9.88 Å². The molecule has 0 atom stereocenters. The van der Waals surface area contributed by atoms with Crippen LogP contribution in [0.4, 0.5) is 5.13 Å². The first kappa shape index (κ1) is 18.6. The Kier molecular flexibility index (Phi) is 5.68. The summed E-state index contributed by atoms with van der Waals surface area (Å²) in [7, 11) is 0. The maximum atomic E-state index is 12.4. The number of aryl methyl sites for hydroxylation is 1. The van der Waals surface area contributed by atoms with Crippen molar-refractivity contribution < 1.29 is 9.36 Å². The first-order valence-corrected chi connectivity index (χ1v) is 10.8. The largest absolute Gasteiger partial charge is 0.317 e. The molecule has 1 amide bonds. The molecule has 0 aliphatic rings. The number of imidazole rings is 1. The highest BCUT2D eigenvalue weighted by atomic mass is 32.2. The number of thioether (sulfide) groups is 1. The number of amides is 1. The van der Waals surface area contributed by atoms with E-state index in [4.69, 9.17) is 0 Å². The first-order valence-electron chi connectivity index (χ1n) is 9.02. The van der Waals surface area contributed by atoms with Gasteiger partial charge in [-0.15, -0.1) is 10.2 Å². The number of anilines is 1. The van der Waals surface area contributed by atoms with Crippen molar-refractivity contribution in [3.63, 3.8) is 0 Å². The Morgan fingerprint density at radius 2 is 1.93 bits per heavy atom. The average molecular weight is 411 g/mol. The zero-order chi connectivity index (χ0) is 19.3. The smallest absolute Gasteiger partial charge is 0.300 e. The lowest BCUT2D eigenvalue weighted by atomic mass is 10.2. The minimum Gasteiger partial charge on any atom is -0.300 e. The SMILES string of the molecule is CCc1nnc(NC(=O)CSc2[nH]c3ccccc3[n+]2Cc2ccccc2)s1. The third-order valence-corrected chi connectivity index (χ3v) is 6.21. The molecule has 0 spiro atoms. The summed E-state index contributed by atoms with van der Waals surface area (Å²) >= 11 is 2.90. The van der Waals surface area contributed by atoms with E-state index >= 15 is 0 Å². The number of hydrogen-bond acceptors (Lipinski definition) is 5. The maximum absolute atomic E-state index is 12.4. The van der Waals surface area contributed by atoms with Crippen LogP contribution in [0, 0.1) is 0 Å². The molecule has 0 aliphatic heterocycles. The summed E-state index contributed by atoms with van der Waals surface area (Å²) in [5, 5.41) is 13.3. The van der Waals surface area contributed by atoms with E-state index in [0.29, 0.717) is 10.9 Å². The van der Waals surface area contributed by atoms with Gasteiger partial charge < -0.3 is 0 Å². The molecule has 0 bridgehead atoms. The Morgan fingerprint density at radius 1 is 1.14 bits per heavy atom. The molecule has 2 aromatic carbocycles. The summed E-state index contributed by atoms with van der Waals surface area (Å²) in [5.74, 6) is 0.205. The summed E-state index contributed by atoms with van der Waals surface area (Å²) in [6, 6.07) is 18.5. The van der Waals surface area contributed by atoms with Crippen LogP contribution in [0.5, 0.6) is 0 Å². The van der Waals surface area contributed by atoms with Gasteiger partial charge >= 0.3 is 5.16 Å². The normalized spacial score (nSPS) is 11.0. The number of fused-ring (bicyclic) bond motifs is 1. The zero-order valence-corrected chi connectivity index (χ0v) is 17.0. The van der Waals surface area contributed by atoms with Gasteiger partial charge in [0.25, 0.3) is 0 Å². The molecule has 142 valence electrons. The highest BCUT2D eigenvalue weighted by Gasteiger charge is 2.20. The van der Waals surface area contributed by atoms with Gasteiger partial charge in [-0.25, -0.2) is 9.55 Å². The fraction of sp³-hybridized carbons (Fsp3) is 0.200. The van der Waals surface area contributed by atoms with E-state index < -0.39 is 0 Å². The minimum atomic E-state index is -0.0891. The molecule has 0 radical (unpaired) electrons. The molecule has 0 unspecified atom stereocenters. The number of carbonyl (C=O) groups excluding carboxylic acids is 1. The van der Waals surface area contributed by atoms with Crippen LogP contribution in [0.15, 0.2) is 59.8 Å². The molecule has 6 nitrogen and oxygen atoms in total. The molecular formula is C20H20N5OS2+. The highest BCUT2D eigenvalue weighted by molar-refractivity contribution is 7.99. The van der Waals surface area contributed by atoms with E-state index in [1.165, 1.54) is 28.7 Å². The van der Waals surface area contributed by atoms with Crippen molar-refractivity contribution >= 4 is 45.2 Å². The lowest BCUT2D eigenvalue weighted by Gasteiger charge is -2.03. The van der Waals surface area contributed by atoms with E-state index in [2.05, 4.69) is 49.3 Å². The molecule has 2 heterocycles. The molecule has 2 aromatic heterocycles. The van der Waals surface area contributed by atoms with Crippen LogP contribution in [0.2, 0.25) is 0 Å². The van der Waals surface area contributed by atoms with Gasteiger partial charge in [-0.2, -0.15) is 0 Å². The van der Waals surface area contributed by atoms with Gasteiger partial charge in [0.05, 0.1) is 5.75 Å². The zero-order valence-electron chi connectivity index (χ0n) is 15.4. The summed E-state index contributed by atoms with van der Waals surface area (Å²) in [6.07, 6.45) is 0.816. The van der Waals surface area contributed by atoms with Crippen molar-refractivity contribution in [2.75, 3.05) is 11.1 Å². The molecular weight excluding hydrogens is 390 g/mol. The second-order valence-corrected chi connectivity index (χ2v) is 8.24. The standard InChI is InChI=1S/C20H19N5OS2/c1-2-18-23-24-19(28-18)22-17(26)13-27-20-21-15-10-6-7-11-16(15)25(20)12-14-8-4-3-5-9-14/h3-11H,2,12-13H2,1H3,(H,22,24,26)/p+1. The van der Waals surface area contributed by atoms with Crippen molar-refractivity contribution in [2.24, 2.45) is 0 Å². The number of carbonyl (C=O) groups is 1. The summed E-state index contributed by atoms with van der Waals surface area (Å²) < 4.78 is 2.21. The summed E-state index contributed by atoms with van der Waals surface area (Å²) in [6.45, 7) is 2.76. The second-order valence-electron chi connectivity index (χ2n) is 6.21. The number of aromatic amines is 1. The molecule has 0 saturated heterocycles. The van der Waals surface area contributed by atoms with Crippen LogP contribution in [0.3, 0.4) is 0 Å². The number of H-pyrrole nitrogens is 1. The van der Waals surface area contributed by atoms with Crippen molar-refractivity contribution in [2.45, 2.75) is 25.0 Å². The van der Waals surface area contributed by atoms with Crippen LogP contribution in [0.1, 0.15) is 17.5 Å². The number of hydrogen-bond donors (Lipinski definition) is 2. The molecule has 28 heavy (non-hydrogen) atoms. The molecule has 2 N–H and O–H groups in total. The van der Waals surface area contributed by atoms with Crippen molar-refractivity contribution in [3.8, 4) is 0 Å². The van der Waals surface area contributed by atoms with Gasteiger partial charge in [-0.1, -0.05) is 60.7 Å². The number of benzene rings is 2. The number of rotatable bonds is 7. The fourth-order valence-corrected chi connectivity index (χ4v) is 4.42. The Morgan fingerprint density at radius 3 is 2.71 bits per heavy atom. The number of para-hydroxylation sites is 2. The van der Waals surface area contributed by atoms with Crippen LogP contribution in [-0.2, 0) is 17.8 Å². The van der Waals surface area contributed by atoms with Gasteiger partial charge in [0.15, 0.2) is 11.0 Å². The van der Waals surface area contributed by atoms with Gasteiger partial charge in [0.1, 0.15) is 11.6 Å². The first-order chi connectivity index (χ1) is 13.7. The average Bonchev–Trinajstić information content (AvgIpc) is 3.32. The van der Waals surface area contributed by atoms with Gasteiger partial charge in [-0.3, -0.25) is 10.1 Å². The van der Waals surface area contributed by atoms with Crippen LogP contribution in [-0.4, -0.2) is 26.8 Å². The molecule has 4 aromatic rings. The maximum Gasteiger partial charge on any atom is 0.317 e. The number of nitrogens with zero attached hydrogens (tertiary/aromatic N) is 3.